The minimum Gasteiger partial charge on any atom is -0.366 e. The van der Waals surface area contributed by atoms with Crippen LogP contribution in [0, 0.1) is 0 Å². The summed E-state index contributed by atoms with van der Waals surface area (Å²) in [5.74, 6) is 0. The first-order valence-corrected chi connectivity index (χ1v) is 8.80. The molecule has 1 aromatic rings. The van der Waals surface area contributed by atoms with Gasteiger partial charge in [0.2, 0.25) is 0 Å². The molecule has 0 radical (unpaired) electrons. The topological polar surface area (TPSA) is 6.48 Å². The molecule has 0 spiro atoms. The average molecular weight is 300 g/mol. The third-order valence-electron chi connectivity index (χ3n) is 5.46. The van der Waals surface area contributed by atoms with Gasteiger partial charge < -0.3 is 4.90 Å². The molecule has 3 aliphatic rings. The first-order chi connectivity index (χ1) is 10.2. The number of hydrogen-bond acceptors (Lipinski definition) is 2. The largest absolute Gasteiger partial charge is 0.366 e. The van der Waals surface area contributed by atoms with Gasteiger partial charge in [-0.05, 0) is 56.7 Å². The van der Waals surface area contributed by atoms with Crippen LogP contribution in [0.2, 0.25) is 0 Å². The number of benzene rings is 1. The molecule has 3 saturated heterocycles. The van der Waals surface area contributed by atoms with Crippen LogP contribution in [0.4, 0.5) is 5.69 Å². The van der Waals surface area contributed by atoms with Crippen molar-refractivity contribution in [2.45, 2.75) is 77.4 Å². The van der Waals surface area contributed by atoms with E-state index in [-0.39, 0.29) is 5.41 Å². The lowest BCUT2D eigenvalue weighted by molar-refractivity contribution is 0.0182. The molecule has 4 rings (SSSR count). The van der Waals surface area contributed by atoms with Gasteiger partial charge in [0.05, 0.1) is 0 Å². The van der Waals surface area contributed by atoms with Crippen molar-refractivity contribution in [3.63, 3.8) is 0 Å². The van der Waals surface area contributed by atoms with E-state index < -0.39 is 0 Å². The first-order valence-electron chi connectivity index (χ1n) is 8.80. The number of rotatable bonds is 1. The Kier molecular flexibility index (Phi) is 3.79. The van der Waals surface area contributed by atoms with Gasteiger partial charge in [-0.3, -0.25) is 4.90 Å². The standard InChI is InChI=1S/C20H32N2/c1-19(2,3)15-7-9-16(10-8-15)21-13-18-12-11-17(21)14-22(18)20(4,5)6/h7-10,17-18H,11-14H2,1-6H3. The van der Waals surface area contributed by atoms with E-state index in [0.29, 0.717) is 17.6 Å². The van der Waals surface area contributed by atoms with Crippen LogP contribution in [0.1, 0.15) is 59.9 Å². The summed E-state index contributed by atoms with van der Waals surface area (Å²) in [6.45, 7) is 16.3. The molecule has 3 aliphatic heterocycles. The van der Waals surface area contributed by atoms with Crippen molar-refractivity contribution in [3.05, 3.63) is 29.8 Å². The van der Waals surface area contributed by atoms with Crippen LogP contribution in [-0.2, 0) is 5.41 Å². The number of nitrogens with zero attached hydrogens (tertiary/aromatic N) is 2. The molecule has 22 heavy (non-hydrogen) atoms. The minimum absolute atomic E-state index is 0.239. The fraction of sp³-hybridized carbons (Fsp3) is 0.700. The van der Waals surface area contributed by atoms with Crippen LogP contribution in [0.25, 0.3) is 0 Å². The third kappa shape index (κ3) is 2.90. The smallest absolute Gasteiger partial charge is 0.0418 e. The summed E-state index contributed by atoms with van der Waals surface area (Å²) in [5, 5.41) is 0. The highest BCUT2D eigenvalue weighted by Crippen LogP contribution is 2.36. The summed E-state index contributed by atoms with van der Waals surface area (Å²) in [4.78, 5) is 5.38. The molecule has 1 aromatic carbocycles. The maximum atomic E-state index is 2.72. The minimum atomic E-state index is 0.239. The van der Waals surface area contributed by atoms with E-state index in [4.69, 9.17) is 0 Å². The van der Waals surface area contributed by atoms with Crippen molar-refractivity contribution in [2.24, 2.45) is 0 Å². The Bertz CT molecular complexity index is 518. The fourth-order valence-corrected chi connectivity index (χ4v) is 4.12. The zero-order chi connectivity index (χ0) is 16.1. The Morgan fingerprint density at radius 3 is 1.86 bits per heavy atom. The number of piperazine rings is 1. The normalized spacial score (nSPS) is 26.5. The first kappa shape index (κ1) is 15.9. The summed E-state index contributed by atoms with van der Waals surface area (Å²) in [6.07, 6.45) is 2.71. The maximum absolute atomic E-state index is 2.72. The van der Waals surface area contributed by atoms with E-state index in [0.717, 1.165) is 0 Å². The molecule has 2 heteroatoms. The number of hydrogen-bond donors (Lipinski definition) is 0. The Hall–Kier alpha value is -1.02. The molecule has 2 nitrogen and oxygen atoms in total. The van der Waals surface area contributed by atoms with Gasteiger partial charge in [0, 0.05) is 36.4 Å². The predicted molar refractivity (Wildman–Crippen MR) is 95.8 cm³/mol. The van der Waals surface area contributed by atoms with Gasteiger partial charge in [0.15, 0.2) is 0 Å². The molecular weight excluding hydrogens is 268 g/mol. The molecule has 2 atom stereocenters. The summed E-state index contributed by atoms with van der Waals surface area (Å²) in [6, 6.07) is 10.7. The Labute approximate surface area is 136 Å². The molecule has 0 amide bonds. The van der Waals surface area contributed by atoms with Crippen LogP contribution in [0.3, 0.4) is 0 Å². The lowest BCUT2D eigenvalue weighted by Crippen LogP contribution is -2.66. The van der Waals surface area contributed by atoms with E-state index in [2.05, 4.69) is 75.6 Å². The predicted octanol–water partition coefficient (Wildman–Crippen LogP) is 4.44. The molecule has 2 bridgehead atoms. The molecule has 3 fully saturated rings. The summed E-state index contributed by atoms with van der Waals surface area (Å²) in [5.41, 5.74) is 3.37. The molecule has 0 N–H and O–H groups in total. The van der Waals surface area contributed by atoms with Crippen molar-refractivity contribution < 1.29 is 0 Å². The van der Waals surface area contributed by atoms with Crippen molar-refractivity contribution in [2.75, 3.05) is 18.0 Å². The van der Waals surface area contributed by atoms with Gasteiger partial charge in [0.1, 0.15) is 0 Å². The second-order valence-electron chi connectivity index (χ2n) is 9.16. The van der Waals surface area contributed by atoms with Crippen LogP contribution in [-0.4, -0.2) is 35.6 Å². The average Bonchev–Trinajstić information content (AvgIpc) is 2.46. The van der Waals surface area contributed by atoms with Crippen molar-refractivity contribution >= 4 is 5.69 Å². The van der Waals surface area contributed by atoms with Crippen LogP contribution >= 0.6 is 0 Å². The molecule has 122 valence electrons. The lowest BCUT2D eigenvalue weighted by Gasteiger charge is -2.56. The highest BCUT2D eigenvalue weighted by Gasteiger charge is 2.42. The van der Waals surface area contributed by atoms with E-state index in [1.165, 1.54) is 37.2 Å². The fourth-order valence-electron chi connectivity index (χ4n) is 4.12. The molecule has 0 aliphatic carbocycles. The highest BCUT2D eigenvalue weighted by atomic mass is 15.3. The molecular formula is C20H32N2. The van der Waals surface area contributed by atoms with Crippen molar-refractivity contribution in [1.29, 1.82) is 0 Å². The summed E-state index contributed by atoms with van der Waals surface area (Å²) < 4.78 is 0. The van der Waals surface area contributed by atoms with E-state index >= 15 is 0 Å². The quantitative estimate of drug-likeness (QED) is 0.757. The van der Waals surface area contributed by atoms with Gasteiger partial charge in [-0.2, -0.15) is 0 Å². The monoisotopic (exact) mass is 300 g/mol. The number of piperidine rings is 2. The van der Waals surface area contributed by atoms with E-state index in [1.54, 1.807) is 0 Å². The molecule has 2 unspecified atom stereocenters. The maximum Gasteiger partial charge on any atom is 0.0418 e. The van der Waals surface area contributed by atoms with Crippen molar-refractivity contribution in [3.8, 4) is 0 Å². The zero-order valence-corrected chi connectivity index (χ0v) is 15.2. The lowest BCUT2D eigenvalue weighted by atomic mass is 9.85. The number of anilines is 1. The van der Waals surface area contributed by atoms with E-state index in [9.17, 15) is 0 Å². The van der Waals surface area contributed by atoms with Crippen LogP contribution < -0.4 is 4.90 Å². The van der Waals surface area contributed by atoms with Gasteiger partial charge in [-0.25, -0.2) is 0 Å². The van der Waals surface area contributed by atoms with Gasteiger partial charge in [-0.15, -0.1) is 0 Å². The molecule has 0 saturated carbocycles. The van der Waals surface area contributed by atoms with Crippen molar-refractivity contribution in [1.82, 2.24) is 4.90 Å². The highest BCUT2D eigenvalue weighted by molar-refractivity contribution is 5.51. The third-order valence-corrected chi connectivity index (χ3v) is 5.46. The van der Waals surface area contributed by atoms with Crippen LogP contribution in [0.5, 0.6) is 0 Å². The van der Waals surface area contributed by atoms with Gasteiger partial charge in [-0.1, -0.05) is 32.9 Å². The summed E-state index contributed by atoms with van der Waals surface area (Å²) >= 11 is 0. The number of fused-ring (bicyclic) bond motifs is 3. The van der Waals surface area contributed by atoms with Gasteiger partial charge >= 0.3 is 0 Å². The Balaban J connectivity index is 1.78. The molecule has 3 heterocycles. The second-order valence-corrected chi connectivity index (χ2v) is 9.16. The Morgan fingerprint density at radius 2 is 1.41 bits per heavy atom. The summed E-state index contributed by atoms with van der Waals surface area (Å²) in [7, 11) is 0. The zero-order valence-electron chi connectivity index (χ0n) is 15.2. The second kappa shape index (κ2) is 5.26. The van der Waals surface area contributed by atoms with Crippen LogP contribution in [0.15, 0.2) is 24.3 Å². The van der Waals surface area contributed by atoms with Gasteiger partial charge in [0.25, 0.3) is 0 Å². The molecule has 0 aromatic heterocycles. The van der Waals surface area contributed by atoms with E-state index in [1.807, 2.05) is 0 Å². The SMILES string of the molecule is CC(C)(C)c1ccc(N2CC3CCC2CN3C(C)(C)C)cc1. The Morgan fingerprint density at radius 1 is 0.818 bits per heavy atom.